The Morgan fingerprint density at radius 2 is 1.71 bits per heavy atom. The van der Waals surface area contributed by atoms with Gasteiger partial charge in [0.25, 0.3) is 5.91 Å². The van der Waals surface area contributed by atoms with E-state index in [1.54, 1.807) is 11.1 Å². The Morgan fingerprint density at radius 1 is 1.00 bits per heavy atom. The molecule has 1 aromatic heterocycles. The quantitative estimate of drug-likeness (QED) is 0.503. The molecule has 2 saturated heterocycles. The van der Waals surface area contributed by atoms with E-state index in [9.17, 15) is 24.2 Å². The van der Waals surface area contributed by atoms with Gasteiger partial charge in [0.1, 0.15) is 11.1 Å². The normalized spacial score (nSPS) is 25.1. The highest BCUT2D eigenvalue weighted by Crippen LogP contribution is 3.02. The number of nitrogens with one attached hydrogen (secondary N) is 2. The molecule has 0 saturated carbocycles. The minimum absolute atomic E-state index is 0.0207. The minimum atomic E-state index is -9.77. The molecular weight excluding hydrogens is 479 g/mol. The van der Waals surface area contributed by atoms with E-state index in [0.717, 1.165) is 55.3 Å². The van der Waals surface area contributed by atoms with E-state index in [-0.39, 0.29) is 29.8 Å². The van der Waals surface area contributed by atoms with Crippen molar-refractivity contribution in [3.05, 3.63) is 47.7 Å². The van der Waals surface area contributed by atoms with Crippen molar-refractivity contribution < 1.29 is 29.0 Å². The zero-order valence-corrected chi connectivity index (χ0v) is 19.0. The summed E-state index contributed by atoms with van der Waals surface area (Å²) in [7, 11) is -9.77. The van der Waals surface area contributed by atoms with E-state index in [2.05, 4.69) is 15.6 Å². The molecule has 0 spiro atoms. The maximum absolute atomic E-state index is 13.0. The van der Waals surface area contributed by atoms with Crippen LogP contribution in [0.15, 0.2) is 41.4 Å². The highest BCUT2D eigenvalue weighted by molar-refractivity contribution is 8.45. The molecular formula is C22H25F5N4O2S. The molecule has 2 aromatic rings. The number of carbonyl (C=O) groups is 1. The molecule has 3 aliphatic heterocycles. The zero-order valence-electron chi connectivity index (χ0n) is 18.2. The summed E-state index contributed by atoms with van der Waals surface area (Å²) >= 11 is 0. The van der Waals surface area contributed by atoms with Crippen LogP contribution in [0.2, 0.25) is 0 Å². The molecule has 6 nitrogen and oxygen atoms in total. The van der Waals surface area contributed by atoms with Gasteiger partial charge in [-0.05, 0) is 55.2 Å². The number of pyridine rings is 1. The van der Waals surface area contributed by atoms with E-state index in [1.807, 2.05) is 6.07 Å². The topological polar surface area (TPSA) is 66.5 Å². The van der Waals surface area contributed by atoms with Gasteiger partial charge in [-0.25, -0.2) is 4.98 Å². The minimum Gasteiger partial charge on any atom is -0.381 e. The zero-order chi connectivity index (χ0) is 24.2. The molecule has 3 aliphatic rings. The smallest absolute Gasteiger partial charge is 0.310 e. The van der Waals surface area contributed by atoms with Gasteiger partial charge >= 0.3 is 10.2 Å². The van der Waals surface area contributed by atoms with Crippen molar-refractivity contribution in [2.45, 2.75) is 36.2 Å². The second kappa shape index (κ2) is 7.45. The highest BCUT2D eigenvalue weighted by atomic mass is 32.5. The Kier molecular flexibility index (Phi) is 5.07. The fraction of sp³-hybridized carbons (Fsp3) is 0.455. The van der Waals surface area contributed by atoms with Crippen molar-refractivity contribution in [3.63, 3.8) is 0 Å². The first kappa shape index (κ1) is 23.2. The van der Waals surface area contributed by atoms with Crippen LogP contribution in [0, 0.1) is 5.92 Å². The Labute approximate surface area is 193 Å². The summed E-state index contributed by atoms with van der Waals surface area (Å²) in [4.78, 5) is 16.8. The molecule has 186 valence electrons. The fourth-order valence-electron chi connectivity index (χ4n) is 4.94. The standard InChI is InChI=1S/C22H25F5N4O2S/c23-34(24,25,26,27)17-3-1-15(2-4-17)22(32)31-10-6-16(13-31)18-5-9-28-21-19(18)29-20(30-21)14-7-11-33-12-8-14/h1-5,9,14,16,20,29H,6-8,10-13H2,(H,28,30). The molecule has 0 aliphatic carbocycles. The number of carbonyl (C=O) groups excluding carboxylic acids is 1. The average Bonchev–Trinajstić information content (AvgIpc) is 3.45. The van der Waals surface area contributed by atoms with Crippen molar-refractivity contribution in [1.82, 2.24) is 9.88 Å². The molecule has 34 heavy (non-hydrogen) atoms. The fourth-order valence-corrected chi connectivity index (χ4v) is 5.59. The molecule has 1 aromatic carbocycles. The number of halogens is 5. The Balaban J connectivity index is 1.28. The lowest BCUT2D eigenvalue weighted by atomic mass is 9.96. The number of fused-ring (bicyclic) bond motifs is 1. The molecule has 5 rings (SSSR count). The van der Waals surface area contributed by atoms with Gasteiger partial charge in [0.05, 0.1) is 5.69 Å². The van der Waals surface area contributed by atoms with Crippen LogP contribution in [0.5, 0.6) is 0 Å². The molecule has 0 radical (unpaired) electrons. The number of rotatable bonds is 4. The third-order valence-electron chi connectivity index (χ3n) is 6.77. The summed E-state index contributed by atoms with van der Waals surface area (Å²) in [6.07, 6.45) is 4.34. The van der Waals surface area contributed by atoms with Crippen molar-refractivity contribution in [2.75, 3.05) is 36.9 Å². The Morgan fingerprint density at radius 3 is 2.38 bits per heavy atom. The van der Waals surface area contributed by atoms with Gasteiger partial charge in [-0.1, -0.05) is 19.4 Å². The number of amides is 1. The van der Waals surface area contributed by atoms with Crippen molar-refractivity contribution >= 4 is 27.6 Å². The molecule has 2 unspecified atom stereocenters. The van der Waals surface area contributed by atoms with Crippen molar-refractivity contribution in [1.29, 1.82) is 0 Å². The van der Waals surface area contributed by atoms with Crippen LogP contribution < -0.4 is 10.6 Å². The average molecular weight is 505 g/mol. The van der Waals surface area contributed by atoms with Crippen LogP contribution in [-0.2, 0) is 4.74 Å². The first-order chi connectivity index (χ1) is 15.9. The SMILES string of the molecule is O=C(c1ccc(S(F)(F)(F)(F)F)cc1)N1CCC(c2ccnc3c2NC(C2CCOCC2)N3)C1. The second-order valence-electron chi connectivity index (χ2n) is 9.07. The first-order valence-electron chi connectivity index (χ1n) is 11.1. The van der Waals surface area contributed by atoms with Crippen LogP contribution in [0.4, 0.5) is 30.9 Å². The molecule has 12 heteroatoms. The number of aromatic nitrogens is 1. The van der Waals surface area contributed by atoms with E-state index >= 15 is 0 Å². The van der Waals surface area contributed by atoms with Gasteiger partial charge in [-0.15, -0.1) is 0 Å². The van der Waals surface area contributed by atoms with Crippen LogP contribution in [0.25, 0.3) is 0 Å². The molecule has 4 heterocycles. The third-order valence-corrected chi connectivity index (χ3v) is 7.94. The highest BCUT2D eigenvalue weighted by Gasteiger charge is 2.65. The van der Waals surface area contributed by atoms with Crippen LogP contribution in [0.3, 0.4) is 0 Å². The van der Waals surface area contributed by atoms with Gasteiger partial charge in [-0.2, -0.15) is 0 Å². The number of likely N-dealkylation sites (tertiary alicyclic amines) is 1. The summed E-state index contributed by atoms with van der Waals surface area (Å²) in [5.74, 6) is 0.720. The largest absolute Gasteiger partial charge is 0.381 e. The third kappa shape index (κ3) is 4.52. The first-order valence-corrected chi connectivity index (χ1v) is 13.1. The monoisotopic (exact) mass is 504 g/mol. The van der Waals surface area contributed by atoms with E-state index in [0.29, 0.717) is 25.4 Å². The van der Waals surface area contributed by atoms with Gasteiger partial charge < -0.3 is 20.3 Å². The predicted molar refractivity (Wildman–Crippen MR) is 120 cm³/mol. The maximum Gasteiger partial charge on any atom is 0.310 e. The summed E-state index contributed by atoms with van der Waals surface area (Å²) in [5, 5.41) is 6.99. The van der Waals surface area contributed by atoms with E-state index in [1.165, 1.54) is 0 Å². The van der Waals surface area contributed by atoms with Crippen molar-refractivity contribution in [2.24, 2.45) is 5.92 Å². The lowest BCUT2D eigenvalue weighted by Gasteiger charge is -2.40. The summed E-state index contributed by atoms with van der Waals surface area (Å²) in [5.41, 5.74) is 1.89. The maximum atomic E-state index is 13.0. The van der Waals surface area contributed by atoms with E-state index < -0.39 is 21.0 Å². The van der Waals surface area contributed by atoms with Crippen LogP contribution in [0.1, 0.15) is 41.1 Å². The Hall–Kier alpha value is -2.60. The van der Waals surface area contributed by atoms with E-state index in [4.69, 9.17) is 4.74 Å². The molecule has 2 fully saturated rings. The molecule has 2 N–H and O–H groups in total. The van der Waals surface area contributed by atoms with Gasteiger partial charge in [-0.3, -0.25) is 4.79 Å². The molecule has 1 amide bonds. The summed E-state index contributed by atoms with van der Waals surface area (Å²) in [6, 6.07) is 4.12. The summed E-state index contributed by atoms with van der Waals surface area (Å²) in [6.45, 7) is 2.25. The van der Waals surface area contributed by atoms with Crippen molar-refractivity contribution in [3.8, 4) is 0 Å². The Bertz CT molecular complexity index is 1110. The van der Waals surface area contributed by atoms with Crippen LogP contribution in [-0.4, -0.2) is 48.3 Å². The number of nitrogens with zero attached hydrogens (tertiary/aromatic N) is 2. The number of ether oxygens (including phenoxy) is 1. The van der Waals surface area contributed by atoms with Gasteiger partial charge in [0, 0.05) is 49.9 Å². The van der Waals surface area contributed by atoms with Crippen LogP contribution >= 0.6 is 10.2 Å². The second-order valence-corrected chi connectivity index (χ2v) is 11.5. The lowest BCUT2D eigenvalue weighted by molar-refractivity contribution is 0.0633. The van der Waals surface area contributed by atoms with Gasteiger partial charge in [0.15, 0.2) is 5.82 Å². The number of anilines is 2. The van der Waals surface area contributed by atoms with Gasteiger partial charge in [0.2, 0.25) is 0 Å². The summed E-state index contributed by atoms with van der Waals surface area (Å²) < 4.78 is 70.2. The number of benzene rings is 1. The number of hydrogen-bond donors (Lipinski definition) is 2. The molecule has 2 atom stereocenters. The lowest BCUT2D eigenvalue weighted by Crippen LogP contribution is -2.35. The number of hydrogen-bond acceptors (Lipinski definition) is 5. The molecule has 0 bridgehead atoms. The predicted octanol–water partition coefficient (Wildman–Crippen LogP) is 5.96.